The molecule has 5 nitrogen and oxygen atoms in total. The van der Waals surface area contributed by atoms with E-state index in [1.165, 1.54) is 0 Å². The van der Waals surface area contributed by atoms with E-state index in [0.29, 0.717) is 16.5 Å². The van der Waals surface area contributed by atoms with Crippen molar-refractivity contribution in [2.24, 2.45) is 0 Å². The Kier molecular flexibility index (Phi) is 3.72. The number of aromatic nitrogens is 1. The average Bonchev–Trinajstić information content (AvgIpc) is 2.24. The molecule has 0 bridgehead atoms. The van der Waals surface area contributed by atoms with E-state index in [4.69, 9.17) is 22.1 Å². The molecule has 0 aliphatic heterocycles. The van der Waals surface area contributed by atoms with Gasteiger partial charge in [0.15, 0.2) is 0 Å². The summed E-state index contributed by atoms with van der Waals surface area (Å²) in [5, 5.41) is 4.71. The summed E-state index contributed by atoms with van der Waals surface area (Å²) >= 11 is 6.16. The minimum atomic E-state index is -0.556. The highest BCUT2D eigenvalue weighted by Crippen LogP contribution is 2.28. The Labute approximate surface area is 122 Å². The van der Waals surface area contributed by atoms with Crippen molar-refractivity contribution in [2.45, 2.75) is 26.4 Å². The van der Waals surface area contributed by atoms with Gasteiger partial charge in [-0.3, -0.25) is 5.32 Å². The van der Waals surface area contributed by atoms with E-state index in [1.807, 2.05) is 0 Å². The summed E-state index contributed by atoms with van der Waals surface area (Å²) in [6.45, 7) is 5.39. The summed E-state index contributed by atoms with van der Waals surface area (Å²) in [7, 11) is 0. The Balaban J connectivity index is 2.29. The number of pyridine rings is 1. The third-order valence-corrected chi connectivity index (χ3v) is 2.77. The third-order valence-electron chi connectivity index (χ3n) is 2.45. The Morgan fingerprint density at radius 1 is 1.35 bits per heavy atom. The molecule has 1 amide bonds. The number of ether oxygens (including phenoxy) is 1. The SMILES string of the molecule is CC(C)(C)OC(=O)Nc1cc(Cl)c2cnc(N)cc2c1. The van der Waals surface area contributed by atoms with E-state index in [0.717, 1.165) is 10.8 Å². The summed E-state index contributed by atoms with van der Waals surface area (Å²) in [6.07, 6.45) is 1.07. The number of hydrogen-bond acceptors (Lipinski definition) is 4. The molecule has 0 saturated carbocycles. The average molecular weight is 294 g/mol. The molecule has 6 heteroatoms. The summed E-state index contributed by atoms with van der Waals surface area (Å²) in [6, 6.07) is 5.11. The van der Waals surface area contributed by atoms with Crippen LogP contribution in [0.3, 0.4) is 0 Å². The van der Waals surface area contributed by atoms with Crippen molar-refractivity contribution in [3.8, 4) is 0 Å². The number of rotatable bonds is 1. The standard InChI is InChI=1S/C14H16ClN3O2/c1-14(2,3)20-13(19)18-9-4-8-5-12(16)17-7-10(8)11(15)6-9/h4-7H,1-3H3,(H2,16,17)(H,18,19). The zero-order valence-corrected chi connectivity index (χ0v) is 12.3. The van der Waals surface area contributed by atoms with E-state index in [2.05, 4.69) is 10.3 Å². The maximum absolute atomic E-state index is 11.7. The highest BCUT2D eigenvalue weighted by molar-refractivity contribution is 6.36. The van der Waals surface area contributed by atoms with Gasteiger partial charge in [0.2, 0.25) is 0 Å². The lowest BCUT2D eigenvalue weighted by Gasteiger charge is -2.19. The summed E-state index contributed by atoms with van der Waals surface area (Å²) in [5.41, 5.74) is 5.63. The molecule has 1 heterocycles. The first kappa shape index (κ1) is 14.4. The quantitative estimate of drug-likeness (QED) is 0.838. The van der Waals surface area contributed by atoms with Gasteiger partial charge in [-0.05, 0) is 44.4 Å². The second-order valence-electron chi connectivity index (χ2n) is 5.42. The number of carbonyl (C=O) groups is 1. The number of nitrogen functional groups attached to an aromatic ring is 1. The van der Waals surface area contributed by atoms with Crippen LogP contribution in [0.2, 0.25) is 5.02 Å². The monoisotopic (exact) mass is 293 g/mol. The van der Waals surface area contributed by atoms with E-state index in [9.17, 15) is 4.79 Å². The van der Waals surface area contributed by atoms with Crippen LogP contribution in [-0.2, 0) is 4.74 Å². The van der Waals surface area contributed by atoms with Gasteiger partial charge in [0.25, 0.3) is 0 Å². The maximum atomic E-state index is 11.7. The van der Waals surface area contributed by atoms with Crippen molar-refractivity contribution in [3.05, 3.63) is 29.4 Å². The van der Waals surface area contributed by atoms with Crippen LogP contribution in [0.15, 0.2) is 24.4 Å². The van der Waals surface area contributed by atoms with Crippen LogP contribution in [0.4, 0.5) is 16.3 Å². The summed E-state index contributed by atoms with van der Waals surface area (Å²) < 4.78 is 5.19. The second kappa shape index (κ2) is 5.17. The second-order valence-corrected chi connectivity index (χ2v) is 5.82. The molecule has 3 N–H and O–H groups in total. The van der Waals surface area contributed by atoms with Gasteiger partial charge in [-0.15, -0.1) is 0 Å². The van der Waals surface area contributed by atoms with Gasteiger partial charge >= 0.3 is 6.09 Å². The van der Waals surface area contributed by atoms with Gasteiger partial charge in [0, 0.05) is 17.3 Å². The fourth-order valence-electron chi connectivity index (χ4n) is 1.72. The summed E-state index contributed by atoms with van der Waals surface area (Å²) in [4.78, 5) is 15.7. The molecule has 2 rings (SSSR count). The number of anilines is 2. The van der Waals surface area contributed by atoms with Crippen LogP contribution >= 0.6 is 11.6 Å². The molecule has 20 heavy (non-hydrogen) atoms. The van der Waals surface area contributed by atoms with Crippen molar-refractivity contribution in [1.82, 2.24) is 4.98 Å². The van der Waals surface area contributed by atoms with Crippen molar-refractivity contribution in [3.63, 3.8) is 0 Å². The molecule has 0 fully saturated rings. The molecule has 1 aromatic carbocycles. The number of nitrogens with two attached hydrogens (primary N) is 1. The molecular weight excluding hydrogens is 278 g/mol. The predicted molar refractivity (Wildman–Crippen MR) is 81.0 cm³/mol. The van der Waals surface area contributed by atoms with E-state index in [-0.39, 0.29) is 0 Å². The highest BCUT2D eigenvalue weighted by Gasteiger charge is 2.16. The molecule has 0 aliphatic carbocycles. The van der Waals surface area contributed by atoms with Gasteiger partial charge < -0.3 is 10.5 Å². The molecule has 0 radical (unpaired) electrons. The highest BCUT2D eigenvalue weighted by atomic mass is 35.5. The van der Waals surface area contributed by atoms with Crippen LogP contribution in [0, 0.1) is 0 Å². The molecule has 0 saturated heterocycles. The topological polar surface area (TPSA) is 77.2 Å². The smallest absolute Gasteiger partial charge is 0.412 e. The van der Waals surface area contributed by atoms with Crippen molar-refractivity contribution < 1.29 is 9.53 Å². The van der Waals surface area contributed by atoms with Crippen molar-refractivity contribution in [1.29, 1.82) is 0 Å². The minimum Gasteiger partial charge on any atom is -0.444 e. The number of amides is 1. The molecular formula is C14H16ClN3O2. The number of nitrogens with one attached hydrogen (secondary N) is 1. The van der Waals surface area contributed by atoms with Gasteiger partial charge in [-0.25, -0.2) is 9.78 Å². The first-order chi connectivity index (χ1) is 9.24. The minimum absolute atomic E-state index is 0.392. The lowest BCUT2D eigenvalue weighted by atomic mass is 10.1. The van der Waals surface area contributed by atoms with Crippen LogP contribution in [0.25, 0.3) is 10.8 Å². The molecule has 106 valence electrons. The van der Waals surface area contributed by atoms with Gasteiger partial charge in [-0.1, -0.05) is 11.6 Å². The fraction of sp³-hybridized carbons (Fsp3) is 0.286. The molecule has 0 unspecified atom stereocenters. The molecule has 1 aromatic heterocycles. The zero-order chi connectivity index (χ0) is 14.9. The van der Waals surface area contributed by atoms with Crippen molar-refractivity contribution >= 4 is 40.0 Å². The Morgan fingerprint density at radius 3 is 2.70 bits per heavy atom. The maximum Gasteiger partial charge on any atom is 0.412 e. The lowest BCUT2D eigenvalue weighted by Crippen LogP contribution is -2.27. The number of hydrogen-bond donors (Lipinski definition) is 2. The fourth-order valence-corrected chi connectivity index (χ4v) is 2.00. The Bertz CT molecular complexity index is 665. The van der Waals surface area contributed by atoms with E-state index < -0.39 is 11.7 Å². The van der Waals surface area contributed by atoms with Crippen molar-refractivity contribution in [2.75, 3.05) is 11.1 Å². The number of carbonyl (C=O) groups excluding carboxylic acids is 1. The molecule has 0 atom stereocenters. The number of benzene rings is 1. The lowest BCUT2D eigenvalue weighted by molar-refractivity contribution is 0.0636. The zero-order valence-electron chi connectivity index (χ0n) is 11.5. The normalized spacial score (nSPS) is 11.4. The van der Waals surface area contributed by atoms with E-state index >= 15 is 0 Å². The number of halogens is 1. The van der Waals surface area contributed by atoms with E-state index in [1.54, 1.807) is 45.2 Å². The van der Waals surface area contributed by atoms with Crippen LogP contribution in [0.5, 0.6) is 0 Å². The largest absolute Gasteiger partial charge is 0.444 e. The van der Waals surface area contributed by atoms with Gasteiger partial charge in [0.05, 0.1) is 5.02 Å². The first-order valence-corrected chi connectivity index (χ1v) is 6.47. The first-order valence-electron chi connectivity index (χ1n) is 6.09. The van der Waals surface area contributed by atoms with Gasteiger partial charge in [-0.2, -0.15) is 0 Å². The summed E-state index contributed by atoms with van der Waals surface area (Å²) in [5.74, 6) is 0.392. The third kappa shape index (κ3) is 3.51. The molecule has 2 aromatic rings. The number of fused-ring (bicyclic) bond motifs is 1. The van der Waals surface area contributed by atoms with Crippen LogP contribution in [-0.4, -0.2) is 16.7 Å². The Morgan fingerprint density at radius 2 is 2.05 bits per heavy atom. The molecule has 0 aliphatic rings. The number of nitrogens with zero attached hydrogens (tertiary/aromatic N) is 1. The Hall–Kier alpha value is -2.01. The predicted octanol–water partition coefficient (Wildman–Crippen LogP) is 3.82. The van der Waals surface area contributed by atoms with Crippen LogP contribution < -0.4 is 11.1 Å². The van der Waals surface area contributed by atoms with Gasteiger partial charge in [0.1, 0.15) is 11.4 Å². The molecule has 0 spiro atoms. The van der Waals surface area contributed by atoms with Crippen LogP contribution in [0.1, 0.15) is 20.8 Å².